The molecule has 0 amide bonds. The van der Waals surface area contributed by atoms with Gasteiger partial charge in [0.25, 0.3) is 0 Å². The molecule has 0 saturated carbocycles. The van der Waals surface area contributed by atoms with Crippen molar-refractivity contribution in [3.8, 4) is 0 Å². The van der Waals surface area contributed by atoms with Gasteiger partial charge in [0.15, 0.2) is 0 Å². The zero-order valence-electron chi connectivity index (χ0n) is 12.4. The van der Waals surface area contributed by atoms with Gasteiger partial charge in [-0.05, 0) is 56.4 Å². The third kappa shape index (κ3) is 3.19. The highest BCUT2D eigenvalue weighted by molar-refractivity contribution is 7.89. The summed E-state index contributed by atoms with van der Waals surface area (Å²) in [7, 11) is -3.85. The molecule has 1 atom stereocenters. The lowest BCUT2D eigenvalue weighted by molar-refractivity contribution is -0.139. The molecule has 6 heteroatoms. The Morgan fingerprint density at radius 2 is 1.65 bits per heavy atom. The second kappa shape index (κ2) is 5.93. The van der Waals surface area contributed by atoms with E-state index in [1.807, 2.05) is 19.9 Å². The Morgan fingerprint density at radius 3 is 2.00 bits per heavy atom. The summed E-state index contributed by atoms with van der Waals surface area (Å²) in [6.07, 6.45) is 0.192. The molecule has 0 heterocycles. The van der Waals surface area contributed by atoms with Gasteiger partial charge >= 0.3 is 5.97 Å². The molecule has 20 heavy (non-hydrogen) atoms. The maximum Gasteiger partial charge on any atom is 0.321 e. The molecular weight excluding hydrogens is 278 g/mol. The van der Waals surface area contributed by atoms with Gasteiger partial charge in [0.2, 0.25) is 10.0 Å². The molecule has 2 N–H and O–H groups in total. The lowest BCUT2D eigenvalue weighted by Gasteiger charge is -2.18. The van der Waals surface area contributed by atoms with Crippen LogP contribution in [0.25, 0.3) is 0 Å². The molecule has 0 fully saturated rings. The molecule has 1 aromatic rings. The predicted octanol–water partition coefficient (Wildman–Crippen LogP) is 2.06. The average Bonchev–Trinajstić information content (AvgIpc) is 2.33. The number of benzene rings is 1. The topological polar surface area (TPSA) is 83.5 Å². The molecule has 0 aliphatic carbocycles. The molecule has 1 unspecified atom stereocenters. The van der Waals surface area contributed by atoms with E-state index in [0.717, 1.165) is 11.1 Å². The highest BCUT2D eigenvalue weighted by Crippen LogP contribution is 2.26. The van der Waals surface area contributed by atoms with Gasteiger partial charge in [0, 0.05) is 0 Å². The third-order valence-electron chi connectivity index (χ3n) is 3.57. The third-order valence-corrected chi connectivity index (χ3v) is 5.31. The van der Waals surface area contributed by atoms with Crippen LogP contribution in [0.4, 0.5) is 0 Å². The molecule has 1 aromatic carbocycles. The fourth-order valence-corrected chi connectivity index (χ4v) is 4.03. The summed E-state index contributed by atoms with van der Waals surface area (Å²) in [5.74, 6) is -1.17. The van der Waals surface area contributed by atoms with Crippen molar-refractivity contribution in [1.29, 1.82) is 0 Å². The summed E-state index contributed by atoms with van der Waals surface area (Å²) in [4.78, 5) is 11.2. The van der Waals surface area contributed by atoms with Gasteiger partial charge in [-0.15, -0.1) is 0 Å². The largest absolute Gasteiger partial charge is 0.480 e. The Labute approximate surface area is 120 Å². The predicted molar refractivity (Wildman–Crippen MR) is 77.4 cm³/mol. The highest BCUT2D eigenvalue weighted by Gasteiger charge is 2.27. The lowest BCUT2D eigenvalue weighted by Crippen LogP contribution is -2.40. The second-order valence-corrected chi connectivity index (χ2v) is 6.66. The molecule has 0 aromatic heterocycles. The van der Waals surface area contributed by atoms with Crippen LogP contribution < -0.4 is 4.72 Å². The van der Waals surface area contributed by atoms with E-state index >= 15 is 0 Å². The maximum absolute atomic E-state index is 12.5. The van der Waals surface area contributed by atoms with E-state index < -0.39 is 22.0 Å². The van der Waals surface area contributed by atoms with E-state index in [1.54, 1.807) is 20.8 Å². The van der Waals surface area contributed by atoms with Crippen LogP contribution >= 0.6 is 0 Å². The molecule has 5 nitrogen and oxygen atoms in total. The van der Waals surface area contributed by atoms with Crippen LogP contribution in [0.1, 0.15) is 35.6 Å². The molecule has 0 saturated heterocycles. The minimum absolute atomic E-state index is 0.190. The zero-order chi connectivity index (χ0) is 15.7. The number of aliphatic carboxylic acids is 1. The summed E-state index contributed by atoms with van der Waals surface area (Å²) in [6.45, 7) is 8.78. The normalized spacial score (nSPS) is 13.2. The number of carboxylic acids is 1. The van der Waals surface area contributed by atoms with Crippen molar-refractivity contribution in [2.75, 3.05) is 0 Å². The van der Waals surface area contributed by atoms with Gasteiger partial charge in [-0.25, -0.2) is 8.42 Å². The first kappa shape index (κ1) is 16.7. The first-order valence-electron chi connectivity index (χ1n) is 6.44. The minimum Gasteiger partial charge on any atom is -0.480 e. The SMILES string of the molecule is CCC(NS(=O)(=O)c1c(C)c(C)cc(C)c1C)C(=O)O. The molecule has 112 valence electrons. The van der Waals surface area contributed by atoms with Gasteiger partial charge in [-0.3, -0.25) is 4.79 Å². The summed E-state index contributed by atoms with van der Waals surface area (Å²) in [6, 6.07) is 0.817. The van der Waals surface area contributed by atoms with Gasteiger partial charge in [0.05, 0.1) is 4.90 Å². The Kier molecular flexibility index (Phi) is 4.94. The number of sulfonamides is 1. The van der Waals surface area contributed by atoms with E-state index in [2.05, 4.69) is 4.72 Å². The van der Waals surface area contributed by atoms with Gasteiger partial charge in [-0.2, -0.15) is 4.72 Å². The van der Waals surface area contributed by atoms with Crippen LogP contribution in [0.15, 0.2) is 11.0 Å². The van der Waals surface area contributed by atoms with E-state index in [0.29, 0.717) is 11.1 Å². The minimum atomic E-state index is -3.85. The first-order chi connectivity index (χ1) is 9.11. The zero-order valence-corrected chi connectivity index (χ0v) is 13.3. The van der Waals surface area contributed by atoms with Crippen molar-refractivity contribution >= 4 is 16.0 Å². The summed E-state index contributed by atoms with van der Waals surface area (Å²) in [5.41, 5.74) is 3.05. The van der Waals surface area contributed by atoms with E-state index in [4.69, 9.17) is 5.11 Å². The van der Waals surface area contributed by atoms with Crippen LogP contribution in [-0.2, 0) is 14.8 Å². The molecular formula is C14H21NO4S. The molecule has 1 rings (SSSR count). The number of rotatable bonds is 5. The van der Waals surface area contributed by atoms with Crippen molar-refractivity contribution in [2.24, 2.45) is 0 Å². The van der Waals surface area contributed by atoms with E-state index in [9.17, 15) is 13.2 Å². The second-order valence-electron chi connectivity index (χ2n) is 5.01. The number of carbonyl (C=O) groups is 1. The summed E-state index contributed by atoms with van der Waals surface area (Å²) in [5, 5.41) is 9.00. The highest BCUT2D eigenvalue weighted by atomic mass is 32.2. The van der Waals surface area contributed by atoms with Gasteiger partial charge in [-0.1, -0.05) is 13.0 Å². The van der Waals surface area contributed by atoms with Crippen LogP contribution in [0.3, 0.4) is 0 Å². The van der Waals surface area contributed by atoms with Crippen LogP contribution in [0.2, 0.25) is 0 Å². The summed E-state index contributed by atoms with van der Waals surface area (Å²) < 4.78 is 27.2. The lowest BCUT2D eigenvalue weighted by atomic mass is 10.0. The van der Waals surface area contributed by atoms with Crippen LogP contribution in [-0.4, -0.2) is 25.5 Å². The number of hydrogen-bond donors (Lipinski definition) is 2. The van der Waals surface area contributed by atoms with Crippen LogP contribution in [0.5, 0.6) is 0 Å². The standard InChI is InChI=1S/C14H21NO4S/c1-6-12(14(16)17)15-20(18,19)13-10(4)8(2)7-9(3)11(13)5/h7,12,15H,6H2,1-5H3,(H,16,17). The van der Waals surface area contributed by atoms with Gasteiger partial charge < -0.3 is 5.11 Å². The molecule has 0 aliphatic rings. The Balaban J connectivity index is 3.40. The van der Waals surface area contributed by atoms with Crippen molar-refractivity contribution in [2.45, 2.75) is 52.0 Å². The Hall–Kier alpha value is -1.40. The van der Waals surface area contributed by atoms with Crippen molar-refractivity contribution < 1.29 is 18.3 Å². The Bertz CT molecular complexity index is 609. The fourth-order valence-electron chi connectivity index (χ4n) is 2.14. The molecule has 0 bridgehead atoms. The van der Waals surface area contributed by atoms with Crippen LogP contribution in [0, 0.1) is 27.7 Å². The van der Waals surface area contributed by atoms with Crippen molar-refractivity contribution in [3.63, 3.8) is 0 Å². The van der Waals surface area contributed by atoms with E-state index in [1.165, 1.54) is 0 Å². The number of carboxylic acid groups (broad SMARTS) is 1. The Morgan fingerprint density at radius 1 is 1.20 bits per heavy atom. The monoisotopic (exact) mass is 299 g/mol. The first-order valence-corrected chi connectivity index (χ1v) is 7.92. The average molecular weight is 299 g/mol. The van der Waals surface area contributed by atoms with Crippen molar-refractivity contribution in [3.05, 3.63) is 28.3 Å². The van der Waals surface area contributed by atoms with E-state index in [-0.39, 0.29) is 11.3 Å². The maximum atomic E-state index is 12.5. The van der Waals surface area contributed by atoms with Gasteiger partial charge in [0.1, 0.15) is 6.04 Å². The number of hydrogen-bond acceptors (Lipinski definition) is 3. The fraction of sp³-hybridized carbons (Fsp3) is 0.500. The molecule has 0 spiro atoms. The number of nitrogens with one attached hydrogen (secondary N) is 1. The number of aryl methyl sites for hydroxylation is 2. The quantitative estimate of drug-likeness (QED) is 0.871. The summed E-state index contributed by atoms with van der Waals surface area (Å²) >= 11 is 0. The molecule has 0 aliphatic heterocycles. The smallest absolute Gasteiger partial charge is 0.321 e. The van der Waals surface area contributed by atoms with Crippen molar-refractivity contribution in [1.82, 2.24) is 4.72 Å². The molecule has 0 radical (unpaired) electrons.